The number of carbonyl (C=O) groups is 1. The molecule has 0 saturated carbocycles. The highest BCUT2D eigenvalue weighted by molar-refractivity contribution is 5.84. The molecule has 1 aromatic heterocycles. The molecule has 0 aliphatic heterocycles. The highest BCUT2D eigenvalue weighted by Gasteiger charge is 2.15. The fourth-order valence-electron chi connectivity index (χ4n) is 1.13. The number of rotatable bonds is 3. The van der Waals surface area contributed by atoms with Gasteiger partial charge in [-0.1, -0.05) is 6.92 Å². The summed E-state index contributed by atoms with van der Waals surface area (Å²) in [5.74, 6) is 0.641. The molecule has 0 amide bonds. The Bertz CT molecular complexity index is 310. The number of carbonyl (C=O) groups excluding carboxylic acids is 1. The lowest BCUT2D eigenvalue weighted by Gasteiger charge is -2.07. The van der Waals surface area contributed by atoms with Gasteiger partial charge in [-0.05, 0) is 19.9 Å². The fraction of sp³-hybridized carbons (Fsp3) is 0.500. The van der Waals surface area contributed by atoms with E-state index in [4.69, 9.17) is 0 Å². The molecular weight excluding hydrogens is 164 g/mol. The highest BCUT2D eigenvalue weighted by atomic mass is 16.1. The van der Waals surface area contributed by atoms with E-state index in [-0.39, 0.29) is 11.7 Å². The third-order valence-electron chi connectivity index (χ3n) is 2.03. The smallest absolute Gasteiger partial charge is 0.142 e. The molecule has 13 heavy (non-hydrogen) atoms. The van der Waals surface area contributed by atoms with E-state index in [9.17, 15) is 4.79 Å². The van der Waals surface area contributed by atoms with Crippen molar-refractivity contribution in [3.05, 3.63) is 23.8 Å². The van der Waals surface area contributed by atoms with Crippen LogP contribution in [0.2, 0.25) is 0 Å². The molecule has 0 aromatic carbocycles. The maximum atomic E-state index is 11.3. The monoisotopic (exact) mass is 178 g/mol. The van der Waals surface area contributed by atoms with Gasteiger partial charge in [-0.2, -0.15) is 0 Å². The molecule has 1 unspecified atom stereocenters. The average Bonchev–Trinajstić information content (AvgIpc) is 2.15. The van der Waals surface area contributed by atoms with E-state index in [1.54, 1.807) is 6.20 Å². The largest absolute Gasteiger partial charge is 0.299 e. The lowest BCUT2D eigenvalue weighted by atomic mass is 10.0. The number of ketones is 1. The summed E-state index contributed by atoms with van der Waals surface area (Å²) in [5.41, 5.74) is 0.903. The van der Waals surface area contributed by atoms with Gasteiger partial charge in [-0.25, -0.2) is 9.97 Å². The summed E-state index contributed by atoms with van der Waals surface area (Å²) in [6.07, 6.45) is 2.23. The van der Waals surface area contributed by atoms with Crippen LogP contribution < -0.4 is 0 Å². The van der Waals surface area contributed by atoms with Gasteiger partial charge < -0.3 is 0 Å². The number of aryl methyl sites for hydroxylation is 1. The molecule has 0 aliphatic carbocycles. The summed E-state index contributed by atoms with van der Waals surface area (Å²) >= 11 is 0. The normalized spacial score (nSPS) is 12.5. The number of hydrogen-bond acceptors (Lipinski definition) is 3. The lowest BCUT2D eigenvalue weighted by molar-refractivity contribution is -0.119. The molecule has 0 aliphatic rings. The molecule has 0 N–H and O–H groups in total. The quantitative estimate of drug-likeness (QED) is 0.709. The SMILES string of the molecule is CCC(=O)C(C)c1nccc(C)n1. The molecule has 3 nitrogen and oxygen atoms in total. The van der Waals surface area contributed by atoms with Crippen molar-refractivity contribution < 1.29 is 4.79 Å². The summed E-state index contributed by atoms with van der Waals surface area (Å²) < 4.78 is 0. The minimum atomic E-state index is -0.176. The van der Waals surface area contributed by atoms with Crippen molar-refractivity contribution in [1.29, 1.82) is 0 Å². The van der Waals surface area contributed by atoms with E-state index >= 15 is 0 Å². The van der Waals surface area contributed by atoms with Gasteiger partial charge in [-0.15, -0.1) is 0 Å². The Kier molecular flexibility index (Phi) is 3.12. The topological polar surface area (TPSA) is 42.9 Å². The van der Waals surface area contributed by atoms with E-state index in [0.717, 1.165) is 5.69 Å². The van der Waals surface area contributed by atoms with Gasteiger partial charge >= 0.3 is 0 Å². The molecule has 0 radical (unpaired) electrons. The minimum Gasteiger partial charge on any atom is -0.299 e. The van der Waals surface area contributed by atoms with Crippen molar-refractivity contribution >= 4 is 5.78 Å². The van der Waals surface area contributed by atoms with E-state index in [1.165, 1.54) is 0 Å². The van der Waals surface area contributed by atoms with Crippen LogP contribution in [0.15, 0.2) is 12.3 Å². The zero-order valence-electron chi connectivity index (χ0n) is 8.24. The van der Waals surface area contributed by atoms with Crippen LogP contribution in [0, 0.1) is 6.92 Å². The van der Waals surface area contributed by atoms with Crippen molar-refractivity contribution in [3.63, 3.8) is 0 Å². The molecule has 1 rings (SSSR count). The lowest BCUT2D eigenvalue weighted by Crippen LogP contribution is -2.11. The van der Waals surface area contributed by atoms with Crippen molar-refractivity contribution in [1.82, 2.24) is 9.97 Å². The van der Waals surface area contributed by atoms with Gasteiger partial charge in [-0.3, -0.25) is 4.79 Å². The maximum absolute atomic E-state index is 11.3. The molecule has 0 spiro atoms. The molecule has 0 saturated heterocycles. The van der Waals surface area contributed by atoms with Crippen LogP contribution in [-0.4, -0.2) is 15.8 Å². The van der Waals surface area contributed by atoms with Crippen LogP contribution in [0.25, 0.3) is 0 Å². The summed E-state index contributed by atoms with van der Waals surface area (Å²) in [7, 11) is 0. The Balaban J connectivity index is 2.88. The number of Topliss-reactive ketones (excluding diaryl/α,β-unsaturated/α-hetero) is 1. The zero-order chi connectivity index (χ0) is 9.84. The van der Waals surface area contributed by atoms with Gasteiger partial charge in [0, 0.05) is 18.3 Å². The number of hydrogen-bond donors (Lipinski definition) is 0. The van der Waals surface area contributed by atoms with Crippen molar-refractivity contribution in [2.24, 2.45) is 0 Å². The van der Waals surface area contributed by atoms with E-state index in [0.29, 0.717) is 12.2 Å². The highest BCUT2D eigenvalue weighted by Crippen LogP contribution is 2.12. The van der Waals surface area contributed by atoms with Crippen LogP contribution in [0.3, 0.4) is 0 Å². The molecule has 3 heteroatoms. The second kappa shape index (κ2) is 4.12. The summed E-state index contributed by atoms with van der Waals surface area (Å²) in [6.45, 7) is 5.60. The Labute approximate surface area is 78.2 Å². The van der Waals surface area contributed by atoms with Crippen molar-refractivity contribution in [3.8, 4) is 0 Å². The minimum absolute atomic E-state index is 0.176. The average molecular weight is 178 g/mol. The first-order valence-electron chi connectivity index (χ1n) is 4.47. The summed E-state index contributed by atoms with van der Waals surface area (Å²) in [4.78, 5) is 19.6. The van der Waals surface area contributed by atoms with Crippen molar-refractivity contribution in [2.45, 2.75) is 33.1 Å². The molecule has 70 valence electrons. The first kappa shape index (κ1) is 9.84. The standard InChI is InChI=1S/C10H14N2O/c1-4-9(13)8(3)10-11-6-5-7(2)12-10/h5-6,8H,4H2,1-3H3. The predicted octanol–water partition coefficient (Wildman–Crippen LogP) is 1.87. The first-order valence-corrected chi connectivity index (χ1v) is 4.47. The maximum Gasteiger partial charge on any atom is 0.142 e. The number of nitrogens with zero attached hydrogens (tertiary/aromatic N) is 2. The second-order valence-electron chi connectivity index (χ2n) is 3.10. The van der Waals surface area contributed by atoms with Gasteiger partial charge in [0.1, 0.15) is 11.6 Å². The van der Waals surface area contributed by atoms with E-state index in [2.05, 4.69) is 9.97 Å². The third kappa shape index (κ3) is 2.34. The molecular formula is C10H14N2O. The van der Waals surface area contributed by atoms with Crippen LogP contribution in [-0.2, 0) is 4.79 Å². The van der Waals surface area contributed by atoms with Gasteiger partial charge in [0.05, 0.1) is 5.92 Å². The molecule has 1 aromatic rings. The number of aromatic nitrogens is 2. The third-order valence-corrected chi connectivity index (χ3v) is 2.03. The first-order chi connectivity index (χ1) is 6.15. The molecule has 0 fully saturated rings. The van der Waals surface area contributed by atoms with E-state index in [1.807, 2.05) is 26.8 Å². The van der Waals surface area contributed by atoms with Crippen LogP contribution in [0.5, 0.6) is 0 Å². The Morgan fingerprint density at radius 2 is 2.31 bits per heavy atom. The van der Waals surface area contributed by atoms with Crippen LogP contribution in [0.1, 0.15) is 37.7 Å². The Morgan fingerprint density at radius 3 is 2.85 bits per heavy atom. The van der Waals surface area contributed by atoms with Gasteiger partial charge in [0.2, 0.25) is 0 Å². The van der Waals surface area contributed by atoms with Crippen LogP contribution in [0.4, 0.5) is 0 Å². The fourth-order valence-corrected chi connectivity index (χ4v) is 1.13. The zero-order valence-corrected chi connectivity index (χ0v) is 8.24. The Hall–Kier alpha value is -1.25. The van der Waals surface area contributed by atoms with Crippen molar-refractivity contribution in [2.75, 3.05) is 0 Å². The molecule has 0 bridgehead atoms. The molecule has 1 atom stereocenters. The predicted molar refractivity (Wildman–Crippen MR) is 50.5 cm³/mol. The van der Waals surface area contributed by atoms with Gasteiger partial charge in [0.15, 0.2) is 0 Å². The second-order valence-corrected chi connectivity index (χ2v) is 3.10. The Morgan fingerprint density at radius 1 is 1.62 bits per heavy atom. The van der Waals surface area contributed by atoms with E-state index < -0.39 is 0 Å². The summed E-state index contributed by atoms with van der Waals surface area (Å²) in [5, 5.41) is 0. The molecule has 1 heterocycles. The summed E-state index contributed by atoms with van der Waals surface area (Å²) in [6, 6.07) is 1.83. The van der Waals surface area contributed by atoms with Crippen LogP contribution >= 0.6 is 0 Å². The van der Waals surface area contributed by atoms with Gasteiger partial charge in [0.25, 0.3) is 0 Å².